The van der Waals surface area contributed by atoms with E-state index >= 15 is 0 Å². The van der Waals surface area contributed by atoms with Gasteiger partial charge in [-0.05, 0) is 19.8 Å². The van der Waals surface area contributed by atoms with Crippen molar-refractivity contribution in [1.29, 1.82) is 0 Å². The molecule has 3 nitrogen and oxygen atoms in total. The van der Waals surface area contributed by atoms with E-state index in [1.807, 2.05) is 34.6 Å². The summed E-state index contributed by atoms with van der Waals surface area (Å²) in [6.07, 6.45) is 0.112. The Hall–Kier alpha value is -0.353. The Bertz CT molecular complexity index is 157. The van der Waals surface area contributed by atoms with Crippen LogP contribution in [0.5, 0.6) is 0 Å². The molecule has 0 fully saturated rings. The predicted molar refractivity (Wildman–Crippen MR) is 52.1 cm³/mol. The molecular formula is C9H18O3Si. The minimum atomic E-state index is -0.172. The van der Waals surface area contributed by atoms with E-state index < -0.39 is 0 Å². The van der Waals surface area contributed by atoms with Crippen molar-refractivity contribution in [3.63, 3.8) is 0 Å². The van der Waals surface area contributed by atoms with Crippen LogP contribution in [0.15, 0.2) is 0 Å². The third-order valence-corrected chi connectivity index (χ3v) is 2.65. The Morgan fingerprint density at radius 3 is 2.08 bits per heavy atom. The second-order valence-corrected chi connectivity index (χ2v) is 4.31. The molecule has 0 bridgehead atoms. The van der Waals surface area contributed by atoms with Crippen molar-refractivity contribution in [1.82, 2.24) is 0 Å². The topological polar surface area (TPSA) is 35.5 Å². The van der Waals surface area contributed by atoms with E-state index in [1.165, 1.54) is 0 Å². The molecule has 0 aromatic carbocycles. The van der Waals surface area contributed by atoms with Gasteiger partial charge in [-0.2, -0.15) is 0 Å². The number of carbonyl (C=O) groups excluding carboxylic acids is 1. The summed E-state index contributed by atoms with van der Waals surface area (Å²) in [6.45, 7) is 9.68. The normalized spacial score (nSPS) is 13.5. The lowest BCUT2D eigenvalue weighted by Gasteiger charge is -2.14. The van der Waals surface area contributed by atoms with Gasteiger partial charge >= 0.3 is 10.0 Å². The van der Waals surface area contributed by atoms with Crippen LogP contribution in [0.3, 0.4) is 0 Å². The van der Waals surface area contributed by atoms with Gasteiger partial charge < -0.3 is 8.85 Å². The summed E-state index contributed by atoms with van der Waals surface area (Å²) in [5, 5.41) is 0. The number of hydrogen-bond donors (Lipinski definition) is 0. The third kappa shape index (κ3) is 5.82. The van der Waals surface area contributed by atoms with Crippen LogP contribution in [0.25, 0.3) is 0 Å². The van der Waals surface area contributed by atoms with Crippen LogP contribution < -0.4 is 0 Å². The minimum absolute atomic E-state index is 0.0525. The summed E-state index contributed by atoms with van der Waals surface area (Å²) in [4.78, 5) is 11.3. The van der Waals surface area contributed by atoms with Gasteiger partial charge in [-0.15, -0.1) is 0 Å². The molecular weight excluding hydrogens is 184 g/mol. The number of hydrogen-bond acceptors (Lipinski definition) is 3. The van der Waals surface area contributed by atoms with Gasteiger partial charge in [0, 0.05) is 6.10 Å². The second kappa shape index (κ2) is 6.15. The Kier molecular flexibility index (Phi) is 5.99. The zero-order valence-electron chi connectivity index (χ0n) is 8.96. The lowest BCUT2D eigenvalue weighted by atomic mass is 9.99. The summed E-state index contributed by atoms with van der Waals surface area (Å²) in [5.74, 6) is 0.0913. The van der Waals surface area contributed by atoms with Gasteiger partial charge in [0.25, 0.3) is 5.97 Å². The van der Waals surface area contributed by atoms with E-state index in [0.29, 0.717) is 5.92 Å². The van der Waals surface area contributed by atoms with Crippen LogP contribution in [-0.4, -0.2) is 22.1 Å². The number of rotatable bonds is 5. The SMILES string of the molecule is CC(C)O[Si]OC(=O)C(C)C(C)C. The molecule has 0 aliphatic rings. The zero-order valence-corrected chi connectivity index (χ0v) is 9.96. The first-order chi connectivity index (χ1) is 5.95. The molecule has 0 saturated heterocycles. The van der Waals surface area contributed by atoms with Crippen LogP contribution in [0, 0.1) is 11.8 Å². The van der Waals surface area contributed by atoms with Crippen LogP contribution in [-0.2, 0) is 13.6 Å². The molecule has 0 aromatic rings. The smallest absolute Gasteiger partial charge is 0.490 e. The highest BCUT2D eigenvalue weighted by atomic mass is 28.3. The summed E-state index contributed by atoms with van der Waals surface area (Å²) < 4.78 is 10.1. The lowest BCUT2D eigenvalue weighted by Crippen LogP contribution is -2.23. The van der Waals surface area contributed by atoms with Gasteiger partial charge in [0.2, 0.25) is 0 Å². The molecule has 0 rings (SSSR count). The van der Waals surface area contributed by atoms with Gasteiger partial charge in [-0.25, -0.2) is 0 Å². The molecule has 1 unspecified atom stereocenters. The molecule has 76 valence electrons. The highest BCUT2D eigenvalue weighted by molar-refractivity contribution is 6.22. The second-order valence-electron chi connectivity index (χ2n) is 3.70. The molecule has 4 heteroatoms. The molecule has 0 aliphatic heterocycles. The Balaban J connectivity index is 3.62. The Labute approximate surface area is 82.9 Å². The first-order valence-electron chi connectivity index (χ1n) is 4.56. The van der Waals surface area contributed by atoms with E-state index in [-0.39, 0.29) is 28.0 Å². The maximum atomic E-state index is 11.3. The van der Waals surface area contributed by atoms with E-state index in [1.54, 1.807) is 0 Å². The fourth-order valence-corrected chi connectivity index (χ4v) is 1.04. The van der Waals surface area contributed by atoms with Crippen molar-refractivity contribution in [3.05, 3.63) is 0 Å². The van der Waals surface area contributed by atoms with Crippen molar-refractivity contribution in [3.8, 4) is 0 Å². The van der Waals surface area contributed by atoms with Crippen molar-refractivity contribution in [2.45, 2.75) is 40.7 Å². The third-order valence-electron chi connectivity index (χ3n) is 1.80. The highest BCUT2D eigenvalue weighted by Gasteiger charge is 2.18. The van der Waals surface area contributed by atoms with E-state index in [9.17, 15) is 4.79 Å². The van der Waals surface area contributed by atoms with Crippen molar-refractivity contribution in [2.75, 3.05) is 0 Å². The van der Waals surface area contributed by atoms with Crippen LogP contribution in [0.4, 0.5) is 0 Å². The molecule has 0 heterocycles. The first kappa shape index (κ1) is 12.6. The standard InChI is InChI=1S/C9H18O3Si/c1-6(2)8(5)9(10)12-13-11-7(3)4/h6-8H,1-5H3. The fraction of sp³-hybridized carbons (Fsp3) is 0.889. The van der Waals surface area contributed by atoms with E-state index in [4.69, 9.17) is 8.85 Å². The quantitative estimate of drug-likeness (QED) is 0.637. The lowest BCUT2D eigenvalue weighted by molar-refractivity contribution is -0.140. The minimum Gasteiger partial charge on any atom is -0.490 e. The maximum absolute atomic E-state index is 11.3. The largest absolute Gasteiger partial charge is 0.523 e. The highest BCUT2D eigenvalue weighted by Crippen LogP contribution is 2.10. The summed E-state index contributed by atoms with van der Waals surface area (Å²) in [6, 6.07) is 0. The van der Waals surface area contributed by atoms with E-state index in [2.05, 4.69) is 0 Å². The Morgan fingerprint density at radius 1 is 1.15 bits per heavy atom. The van der Waals surface area contributed by atoms with Gasteiger partial charge in [0.1, 0.15) is 0 Å². The molecule has 0 N–H and O–H groups in total. The van der Waals surface area contributed by atoms with Crippen molar-refractivity contribution < 1.29 is 13.6 Å². The zero-order chi connectivity index (χ0) is 10.4. The van der Waals surface area contributed by atoms with Gasteiger partial charge in [-0.3, -0.25) is 4.79 Å². The Morgan fingerprint density at radius 2 is 1.69 bits per heavy atom. The van der Waals surface area contributed by atoms with Gasteiger partial charge in [-0.1, -0.05) is 20.8 Å². The molecule has 0 spiro atoms. The molecule has 0 aromatic heterocycles. The molecule has 1 atom stereocenters. The molecule has 13 heavy (non-hydrogen) atoms. The molecule has 2 radical (unpaired) electrons. The molecule has 0 aliphatic carbocycles. The average molecular weight is 202 g/mol. The van der Waals surface area contributed by atoms with Crippen LogP contribution in [0.1, 0.15) is 34.6 Å². The first-order valence-corrected chi connectivity index (χ1v) is 5.38. The summed E-state index contributed by atoms with van der Waals surface area (Å²) in [7, 11) is -0.171. The van der Waals surface area contributed by atoms with E-state index in [0.717, 1.165) is 0 Å². The monoisotopic (exact) mass is 202 g/mol. The van der Waals surface area contributed by atoms with Crippen molar-refractivity contribution >= 4 is 16.0 Å². The molecule has 0 saturated carbocycles. The summed E-state index contributed by atoms with van der Waals surface area (Å²) in [5.41, 5.74) is 0. The summed E-state index contributed by atoms with van der Waals surface area (Å²) >= 11 is 0. The molecule has 0 amide bonds. The van der Waals surface area contributed by atoms with Gasteiger partial charge in [0.15, 0.2) is 0 Å². The number of carbonyl (C=O) groups is 1. The van der Waals surface area contributed by atoms with Crippen molar-refractivity contribution in [2.24, 2.45) is 11.8 Å². The maximum Gasteiger partial charge on any atom is 0.523 e. The van der Waals surface area contributed by atoms with Gasteiger partial charge in [0.05, 0.1) is 5.92 Å². The van der Waals surface area contributed by atoms with Crippen LogP contribution in [0.2, 0.25) is 0 Å². The van der Waals surface area contributed by atoms with Crippen LogP contribution >= 0.6 is 0 Å². The average Bonchev–Trinajstić information content (AvgIpc) is 2.02. The fourth-order valence-electron chi connectivity index (χ4n) is 0.526. The predicted octanol–water partition coefficient (Wildman–Crippen LogP) is 1.78.